The maximum Gasteiger partial charge on any atom is 0.130 e. The van der Waals surface area contributed by atoms with Crippen molar-refractivity contribution in [3.8, 4) is 12.1 Å². The normalized spacial score (nSPS) is 9.26. The minimum atomic E-state index is 0.131. The van der Waals surface area contributed by atoms with Crippen LogP contribution in [0.1, 0.15) is 32.3 Å². The van der Waals surface area contributed by atoms with Crippen LogP contribution in [0.4, 0.5) is 5.69 Å². The van der Waals surface area contributed by atoms with Crippen molar-refractivity contribution >= 4 is 11.8 Å². The van der Waals surface area contributed by atoms with Crippen molar-refractivity contribution < 1.29 is 0 Å². The van der Waals surface area contributed by atoms with Gasteiger partial charge >= 0.3 is 0 Å². The second-order valence-corrected chi connectivity index (χ2v) is 4.36. The Hall–Kier alpha value is -2.26. The minimum Gasteiger partial charge on any atom is -0.372 e. The highest BCUT2D eigenvalue weighted by Crippen LogP contribution is 2.17. The average molecular weight is 253 g/mol. The molecule has 0 aliphatic carbocycles. The summed E-state index contributed by atoms with van der Waals surface area (Å²) in [6, 6.07) is 11.7. The van der Waals surface area contributed by atoms with E-state index in [0.717, 1.165) is 31.5 Å². The standard InChI is InChI=1S/C16H19N3/c1-3-9-19(10-4-2)16-7-5-14(6-8-16)11-15(12-17)13-18/h5-8,11H,3-4,9-10H2,1-2H3. The summed E-state index contributed by atoms with van der Waals surface area (Å²) >= 11 is 0. The second kappa shape index (κ2) is 7.95. The van der Waals surface area contributed by atoms with Crippen molar-refractivity contribution in [1.29, 1.82) is 10.5 Å². The fourth-order valence-electron chi connectivity index (χ4n) is 1.95. The molecule has 0 unspecified atom stereocenters. The Bertz CT molecular complexity index is 478. The molecular formula is C16H19N3. The number of nitriles is 2. The summed E-state index contributed by atoms with van der Waals surface area (Å²) < 4.78 is 0. The van der Waals surface area contributed by atoms with E-state index >= 15 is 0 Å². The van der Waals surface area contributed by atoms with Crippen LogP contribution in [0.2, 0.25) is 0 Å². The Morgan fingerprint density at radius 1 is 1.05 bits per heavy atom. The van der Waals surface area contributed by atoms with Crippen LogP contribution in [0, 0.1) is 22.7 Å². The van der Waals surface area contributed by atoms with Gasteiger partial charge in [-0.2, -0.15) is 10.5 Å². The molecule has 1 aromatic carbocycles. The highest BCUT2D eigenvalue weighted by Gasteiger charge is 2.03. The first-order valence-electron chi connectivity index (χ1n) is 6.62. The lowest BCUT2D eigenvalue weighted by atomic mass is 10.1. The fourth-order valence-corrected chi connectivity index (χ4v) is 1.95. The highest BCUT2D eigenvalue weighted by atomic mass is 15.1. The molecule has 3 nitrogen and oxygen atoms in total. The van der Waals surface area contributed by atoms with Crippen LogP contribution < -0.4 is 4.90 Å². The van der Waals surface area contributed by atoms with E-state index in [1.807, 2.05) is 36.4 Å². The third kappa shape index (κ3) is 4.48. The Morgan fingerprint density at radius 3 is 2.00 bits per heavy atom. The number of benzene rings is 1. The smallest absolute Gasteiger partial charge is 0.130 e. The Balaban J connectivity index is 2.89. The first kappa shape index (κ1) is 14.8. The molecule has 0 atom stereocenters. The van der Waals surface area contributed by atoms with Crippen LogP contribution >= 0.6 is 0 Å². The van der Waals surface area contributed by atoms with Crippen molar-refractivity contribution in [2.75, 3.05) is 18.0 Å². The molecule has 0 saturated carbocycles. The highest BCUT2D eigenvalue weighted by molar-refractivity contribution is 5.63. The van der Waals surface area contributed by atoms with Gasteiger partial charge in [-0.25, -0.2) is 0 Å². The zero-order chi connectivity index (χ0) is 14.1. The van der Waals surface area contributed by atoms with Crippen molar-refractivity contribution in [2.24, 2.45) is 0 Å². The summed E-state index contributed by atoms with van der Waals surface area (Å²) in [4.78, 5) is 2.35. The molecule has 0 saturated heterocycles. The molecule has 1 rings (SSSR count). The van der Waals surface area contributed by atoms with Gasteiger partial charge in [-0.05, 0) is 36.6 Å². The first-order chi connectivity index (χ1) is 9.24. The van der Waals surface area contributed by atoms with E-state index in [9.17, 15) is 0 Å². The van der Waals surface area contributed by atoms with Gasteiger partial charge in [0.25, 0.3) is 0 Å². The maximum atomic E-state index is 8.72. The zero-order valence-electron chi connectivity index (χ0n) is 11.6. The fraction of sp³-hybridized carbons (Fsp3) is 0.375. The van der Waals surface area contributed by atoms with Gasteiger partial charge in [0, 0.05) is 18.8 Å². The largest absolute Gasteiger partial charge is 0.372 e. The summed E-state index contributed by atoms with van der Waals surface area (Å²) in [5.74, 6) is 0. The lowest BCUT2D eigenvalue weighted by Gasteiger charge is -2.23. The number of anilines is 1. The van der Waals surface area contributed by atoms with Crippen molar-refractivity contribution in [1.82, 2.24) is 0 Å². The van der Waals surface area contributed by atoms with E-state index < -0.39 is 0 Å². The summed E-state index contributed by atoms with van der Waals surface area (Å²) in [7, 11) is 0. The first-order valence-corrected chi connectivity index (χ1v) is 6.62. The minimum absolute atomic E-state index is 0.131. The third-order valence-electron chi connectivity index (χ3n) is 2.80. The number of hydrogen-bond acceptors (Lipinski definition) is 3. The van der Waals surface area contributed by atoms with Crippen LogP contribution in [0.15, 0.2) is 29.8 Å². The molecule has 0 amide bonds. The average Bonchev–Trinajstić information content (AvgIpc) is 2.45. The number of allylic oxidation sites excluding steroid dienone is 1. The molecule has 1 aromatic rings. The molecular weight excluding hydrogens is 234 g/mol. The Kier molecular flexibility index (Phi) is 6.19. The van der Waals surface area contributed by atoms with Gasteiger partial charge in [0.1, 0.15) is 17.7 Å². The monoisotopic (exact) mass is 253 g/mol. The van der Waals surface area contributed by atoms with Crippen LogP contribution in [0.5, 0.6) is 0 Å². The lowest BCUT2D eigenvalue weighted by Crippen LogP contribution is -2.24. The molecule has 0 bridgehead atoms. The van der Waals surface area contributed by atoms with Gasteiger partial charge in [-0.15, -0.1) is 0 Å². The number of hydrogen-bond donors (Lipinski definition) is 0. The summed E-state index contributed by atoms with van der Waals surface area (Å²) in [6.07, 6.45) is 3.84. The van der Waals surface area contributed by atoms with Gasteiger partial charge in [0.15, 0.2) is 0 Å². The molecule has 0 aliphatic heterocycles. The maximum absolute atomic E-state index is 8.72. The SMILES string of the molecule is CCCN(CCC)c1ccc(C=C(C#N)C#N)cc1. The molecule has 0 heterocycles. The van der Waals surface area contributed by atoms with Crippen molar-refractivity contribution in [3.05, 3.63) is 35.4 Å². The summed E-state index contributed by atoms with van der Waals surface area (Å²) in [5, 5.41) is 17.4. The van der Waals surface area contributed by atoms with E-state index in [-0.39, 0.29) is 5.57 Å². The van der Waals surface area contributed by atoms with Gasteiger partial charge in [0.05, 0.1) is 0 Å². The van der Waals surface area contributed by atoms with Crippen LogP contribution in [0.25, 0.3) is 6.08 Å². The van der Waals surface area contributed by atoms with Crippen LogP contribution in [-0.2, 0) is 0 Å². The van der Waals surface area contributed by atoms with E-state index in [1.165, 1.54) is 5.69 Å². The van der Waals surface area contributed by atoms with E-state index in [0.29, 0.717) is 0 Å². The molecule has 19 heavy (non-hydrogen) atoms. The van der Waals surface area contributed by atoms with Crippen LogP contribution in [-0.4, -0.2) is 13.1 Å². The van der Waals surface area contributed by atoms with E-state index in [4.69, 9.17) is 10.5 Å². The van der Waals surface area contributed by atoms with Gasteiger partial charge in [-0.1, -0.05) is 26.0 Å². The number of rotatable bonds is 6. The molecule has 0 aliphatic rings. The zero-order valence-corrected chi connectivity index (χ0v) is 11.6. The van der Waals surface area contributed by atoms with Crippen molar-refractivity contribution in [2.45, 2.75) is 26.7 Å². The Labute approximate surface area is 115 Å². The summed E-state index contributed by atoms with van der Waals surface area (Å²) in [6.45, 7) is 6.44. The van der Waals surface area contributed by atoms with E-state index in [1.54, 1.807) is 6.08 Å². The molecule has 0 N–H and O–H groups in total. The lowest BCUT2D eigenvalue weighted by molar-refractivity contribution is 0.745. The molecule has 98 valence electrons. The topological polar surface area (TPSA) is 50.8 Å². The quantitative estimate of drug-likeness (QED) is 0.725. The predicted molar refractivity (Wildman–Crippen MR) is 78.4 cm³/mol. The van der Waals surface area contributed by atoms with Gasteiger partial charge < -0.3 is 4.90 Å². The van der Waals surface area contributed by atoms with Crippen LogP contribution in [0.3, 0.4) is 0 Å². The van der Waals surface area contributed by atoms with Gasteiger partial charge in [0.2, 0.25) is 0 Å². The number of nitrogens with zero attached hydrogens (tertiary/aromatic N) is 3. The third-order valence-corrected chi connectivity index (χ3v) is 2.80. The summed E-state index contributed by atoms with van der Waals surface area (Å²) in [5.41, 5.74) is 2.21. The van der Waals surface area contributed by atoms with E-state index in [2.05, 4.69) is 18.7 Å². The second-order valence-electron chi connectivity index (χ2n) is 4.36. The molecule has 0 fully saturated rings. The van der Waals surface area contributed by atoms with Gasteiger partial charge in [-0.3, -0.25) is 0 Å². The molecule has 0 radical (unpaired) electrons. The molecule has 0 aromatic heterocycles. The Morgan fingerprint density at radius 2 is 1.58 bits per heavy atom. The van der Waals surface area contributed by atoms with Crippen molar-refractivity contribution in [3.63, 3.8) is 0 Å². The predicted octanol–water partition coefficient (Wildman–Crippen LogP) is 3.74. The molecule has 0 spiro atoms. The molecule has 3 heteroatoms.